The molecule has 0 aromatic carbocycles. The van der Waals surface area contributed by atoms with E-state index in [0.717, 1.165) is 12.6 Å². The summed E-state index contributed by atoms with van der Waals surface area (Å²) in [5.74, 6) is -1.39. The van der Waals surface area contributed by atoms with Gasteiger partial charge in [-0.1, -0.05) is 0 Å². The Balaban J connectivity index is 2.28. The first-order chi connectivity index (χ1) is 7.92. The van der Waals surface area contributed by atoms with Crippen molar-refractivity contribution in [3.63, 3.8) is 0 Å². The topological polar surface area (TPSA) is 112 Å². The van der Waals surface area contributed by atoms with Crippen LogP contribution in [0.4, 0.5) is 4.79 Å². The summed E-state index contributed by atoms with van der Waals surface area (Å²) < 4.78 is 0. The van der Waals surface area contributed by atoms with Crippen molar-refractivity contribution in [1.29, 1.82) is 0 Å². The molecule has 0 aliphatic carbocycles. The van der Waals surface area contributed by atoms with Crippen LogP contribution in [-0.4, -0.2) is 39.3 Å². The van der Waals surface area contributed by atoms with Crippen molar-refractivity contribution >= 4 is 23.3 Å². The van der Waals surface area contributed by atoms with Gasteiger partial charge >= 0.3 is 12.0 Å². The van der Waals surface area contributed by atoms with Crippen LogP contribution in [0.1, 0.15) is 12.6 Å². The molecular formula is C9H13N3O4S. The normalized spacial score (nSPS) is 13.8. The molecule has 1 heterocycles. The van der Waals surface area contributed by atoms with E-state index in [1.54, 1.807) is 10.9 Å². The van der Waals surface area contributed by atoms with E-state index in [2.05, 4.69) is 15.6 Å². The molecule has 0 spiro atoms. The molecule has 0 bridgehead atoms. The summed E-state index contributed by atoms with van der Waals surface area (Å²) in [6, 6.07) is -0.556. The van der Waals surface area contributed by atoms with Gasteiger partial charge in [-0.2, -0.15) is 0 Å². The van der Waals surface area contributed by atoms with Crippen LogP contribution in [0, 0.1) is 0 Å². The number of amides is 2. The van der Waals surface area contributed by atoms with Crippen LogP contribution in [-0.2, 0) is 11.3 Å². The number of aliphatic hydroxyl groups is 1. The standard InChI is InChI=1S/C9H13N3O4S/c1-9(16,7(13)14)4-11-8(15)10-2-6-3-17-5-12-6/h3,5,16H,2,4H2,1H3,(H,13,14)(H2,10,11,15). The van der Waals surface area contributed by atoms with E-state index < -0.39 is 17.6 Å². The molecule has 1 atom stereocenters. The van der Waals surface area contributed by atoms with Crippen LogP contribution in [0.5, 0.6) is 0 Å². The number of thiazole rings is 1. The lowest BCUT2D eigenvalue weighted by Crippen LogP contribution is -2.49. The molecule has 0 radical (unpaired) electrons. The lowest BCUT2D eigenvalue weighted by Gasteiger charge is -2.18. The summed E-state index contributed by atoms with van der Waals surface area (Å²) in [4.78, 5) is 25.8. The summed E-state index contributed by atoms with van der Waals surface area (Å²) in [5.41, 5.74) is 0.386. The minimum atomic E-state index is -1.97. The first kappa shape index (κ1) is 13.4. The van der Waals surface area contributed by atoms with Crippen molar-refractivity contribution in [2.75, 3.05) is 6.54 Å². The fourth-order valence-electron chi connectivity index (χ4n) is 0.886. The number of rotatable bonds is 5. The van der Waals surface area contributed by atoms with Gasteiger partial charge in [-0.15, -0.1) is 11.3 Å². The second-order valence-electron chi connectivity index (χ2n) is 3.60. The van der Waals surface area contributed by atoms with Gasteiger partial charge in [0, 0.05) is 5.38 Å². The smallest absolute Gasteiger partial charge is 0.337 e. The third-order valence-electron chi connectivity index (χ3n) is 1.97. The molecule has 1 aromatic heterocycles. The lowest BCUT2D eigenvalue weighted by molar-refractivity contribution is -0.155. The predicted octanol–water partition coefficient (Wildman–Crippen LogP) is -0.222. The molecule has 7 nitrogen and oxygen atoms in total. The number of hydrogen-bond acceptors (Lipinski definition) is 5. The van der Waals surface area contributed by atoms with Gasteiger partial charge in [-0.3, -0.25) is 0 Å². The Kier molecular flexibility index (Phi) is 4.41. The number of carbonyl (C=O) groups is 2. The van der Waals surface area contributed by atoms with Crippen molar-refractivity contribution < 1.29 is 19.8 Å². The van der Waals surface area contributed by atoms with Crippen LogP contribution in [0.3, 0.4) is 0 Å². The highest BCUT2D eigenvalue weighted by molar-refractivity contribution is 7.07. The first-order valence-corrected chi connectivity index (χ1v) is 5.70. The van der Waals surface area contributed by atoms with Gasteiger partial charge in [0.25, 0.3) is 0 Å². The van der Waals surface area contributed by atoms with Crippen LogP contribution in [0.2, 0.25) is 0 Å². The Hall–Kier alpha value is -1.67. The highest BCUT2D eigenvalue weighted by Gasteiger charge is 2.30. The summed E-state index contributed by atoms with van der Waals surface area (Å²) >= 11 is 1.41. The van der Waals surface area contributed by atoms with E-state index >= 15 is 0 Å². The Morgan fingerprint density at radius 2 is 2.24 bits per heavy atom. The lowest BCUT2D eigenvalue weighted by atomic mass is 10.1. The Morgan fingerprint density at radius 1 is 1.53 bits per heavy atom. The number of nitrogens with one attached hydrogen (secondary N) is 2. The van der Waals surface area contributed by atoms with Crippen LogP contribution < -0.4 is 10.6 Å². The maximum absolute atomic E-state index is 11.3. The quantitative estimate of drug-likeness (QED) is 0.584. The van der Waals surface area contributed by atoms with Gasteiger partial charge in [0.15, 0.2) is 5.60 Å². The van der Waals surface area contributed by atoms with Crippen molar-refractivity contribution in [3.05, 3.63) is 16.6 Å². The number of nitrogens with zero attached hydrogens (tertiary/aromatic N) is 1. The molecular weight excluding hydrogens is 246 g/mol. The molecule has 0 fully saturated rings. The molecule has 17 heavy (non-hydrogen) atoms. The van der Waals surface area contributed by atoms with Crippen molar-refractivity contribution in [3.8, 4) is 0 Å². The zero-order valence-corrected chi connectivity index (χ0v) is 9.95. The minimum Gasteiger partial charge on any atom is -0.479 e. The second-order valence-corrected chi connectivity index (χ2v) is 4.31. The molecule has 0 aliphatic heterocycles. The van der Waals surface area contributed by atoms with Gasteiger partial charge in [-0.05, 0) is 6.92 Å². The Bertz CT molecular complexity index is 391. The first-order valence-electron chi connectivity index (χ1n) is 4.76. The average molecular weight is 259 g/mol. The minimum absolute atomic E-state index is 0.255. The maximum atomic E-state index is 11.3. The molecule has 0 saturated carbocycles. The van der Waals surface area contributed by atoms with Crippen LogP contribution in [0.25, 0.3) is 0 Å². The molecule has 0 saturated heterocycles. The summed E-state index contributed by atoms with van der Waals surface area (Å²) in [6.07, 6.45) is 0. The van der Waals surface area contributed by atoms with Crippen molar-refractivity contribution in [2.24, 2.45) is 0 Å². The molecule has 8 heteroatoms. The zero-order chi connectivity index (χ0) is 12.9. The highest BCUT2D eigenvalue weighted by atomic mass is 32.1. The number of aliphatic carboxylic acids is 1. The largest absolute Gasteiger partial charge is 0.479 e. The number of urea groups is 1. The van der Waals surface area contributed by atoms with E-state index in [4.69, 9.17) is 5.11 Å². The van der Waals surface area contributed by atoms with Gasteiger partial charge in [0.1, 0.15) is 0 Å². The number of aromatic nitrogens is 1. The number of carboxylic acid groups (broad SMARTS) is 1. The summed E-state index contributed by atoms with van der Waals surface area (Å²) in [5, 5.41) is 24.5. The van der Waals surface area contributed by atoms with Crippen LogP contribution >= 0.6 is 11.3 Å². The fourth-order valence-corrected chi connectivity index (χ4v) is 1.44. The number of carbonyl (C=O) groups excluding carboxylic acids is 1. The third kappa shape index (κ3) is 4.37. The van der Waals surface area contributed by atoms with Crippen molar-refractivity contribution in [1.82, 2.24) is 15.6 Å². The van der Waals surface area contributed by atoms with Gasteiger partial charge in [0.2, 0.25) is 0 Å². The van der Waals surface area contributed by atoms with E-state index in [0.29, 0.717) is 0 Å². The monoisotopic (exact) mass is 259 g/mol. The van der Waals surface area contributed by atoms with Gasteiger partial charge < -0.3 is 20.8 Å². The van der Waals surface area contributed by atoms with E-state index in [-0.39, 0.29) is 13.1 Å². The van der Waals surface area contributed by atoms with Gasteiger partial charge in [-0.25, -0.2) is 14.6 Å². The van der Waals surface area contributed by atoms with E-state index in [1.165, 1.54) is 11.3 Å². The predicted molar refractivity (Wildman–Crippen MR) is 60.6 cm³/mol. The number of carboxylic acids is 1. The fraction of sp³-hybridized carbons (Fsp3) is 0.444. The molecule has 0 aliphatic rings. The summed E-state index contributed by atoms with van der Waals surface area (Å²) in [7, 11) is 0. The molecule has 1 aromatic rings. The zero-order valence-electron chi connectivity index (χ0n) is 9.14. The molecule has 1 unspecified atom stereocenters. The van der Waals surface area contributed by atoms with E-state index in [9.17, 15) is 14.7 Å². The molecule has 94 valence electrons. The molecule has 4 N–H and O–H groups in total. The number of hydrogen-bond donors (Lipinski definition) is 4. The van der Waals surface area contributed by atoms with Crippen LogP contribution in [0.15, 0.2) is 10.9 Å². The molecule has 2 amide bonds. The summed E-state index contributed by atoms with van der Waals surface area (Å²) in [6.45, 7) is 0.992. The third-order valence-corrected chi connectivity index (χ3v) is 2.60. The van der Waals surface area contributed by atoms with Gasteiger partial charge in [0.05, 0.1) is 24.3 Å². The maximum Gasteiger partial charge on any atom is 0.337 e. The molecule has 1 rings (SSSR count). The average Bonchev–Trinajstić information content (AvgIpc) is 2.76. The highest BCUT2D eigenvalue weighted by Crippen LogP contribution is 2.01. The Morgan fingerprint density at radius 3 is 2.76 bits per heavy atom. The van der Waals surface area contributed by atoms with E-state index in [1.807, 2.05) is 0 Å². The second kappa shape index (κ2) is 5.60. The van der Waals surface area contributed by atoms with Crippen molar-refractivity contribution in [2.45, 2.75) is 19.1 Å². The SMILES string of the molecule is CC(O)(CNC(=O)NCc1cscn1)C(=O)O. The Labute approximate surface area is 101 Å².